The Morgan fingerprint density at radius 2 is 1.19 bits per heavy atom. The normalized spacial score (nSPS) is 11.8. The Labute approximate surface area is 275 Å². The molecule has 0 radical (unpaired) electrons. The monoisotopic (exact) mass is 618 g/mol. The molecule has 0 aliphatic heterocycles. The second kappa shape index (κ2) is 10.3. The lowest BCUT2D eigenvalue weighted by atomic mass is 10.0. The number of thiophene rings is 1. The highest BCUT2D eigenvalue weighted by Crippen LogP contribution is 2.51. The Hall–Kier alpha value is -5.97. The van der Waals surface area contributed by atoms with E-state index in [9.17, 15) is 0 Å². The number of aromatic nitrogens is 1. The first-order valence-electron chi connectivity index (χ1n) is 15.8. The lowest BCUT2D eigenvalue weighted by molar-refractivity contribution is 0.590. The van der Waals surface area contributed by atoms with E-state index in [4.69, 9.17) is 9.40 Å². The number of nitrogens with zero attached hydrogens (tertiary/aromatic N) is 2. The van der Waals surface area contributed by atoms with Crippen molar-refractivity contribution < 1.29 is 4.42 Å². The first kappa shape index (κ1) is 26.3. The molecule has 0 saturated heterocycles. The average Bonchev–Trinajstić information content (AvgIpc) is 3.82. The second-order valence-corrected chi connectivity index (χ2v) is 13.1. The second-order valence-electron chi connectivity index (χ2n) is 12.0. The van der Waals surface area contributed by atoms with E-state index in [-0.39, 0.29) is 0 Å². The van der Waals surface area contributed by atoms with E-state index < -0.39 is 0 Å². The van der Waals surface area contributed by atoms with Gasteiger partial charge in [-0.3, -0.25) is 0 Å². The minimum Gasteiger partial charge on any atom is -0.435 e. The third-order valence-electron chi connectivity index (χ3n) is 9.22. The van der Waals surface area contributed by atoms with Crippen LogP contribution in [-0.4, -0.2) is 4.98 Å². The summed E-state index contributed by atoms with van der Waals surface area (Å²) >= 11 is 1.84. The molecule has 0 saturated carbocycles. The summed E-state index contributed by atoms with van der Waals surface area (Å²) in [5.74, 6) is 1.47. The van der Waals surface area contributed by atoms with Gasteiger partial charge in [-0.1, -0.05) is 97.1 Å². The number of hydrogen-bond donors (Lipinski definition) is 0. The van der Waals surface area contributed by atoms with Crippen molar-refractivity contribution in [2.24, 2.45) is 0 Å². The van der Waals surface area contributed by atoms with Gasteiger partial charge in [-0.2, -0.15) is 0 Å². The third kappa shape index (κ3) is 4.16. The zero-order valence-corrected chi connectivity index (χ0v) is 26.0. The van der Waals surface area contributed by atoms with Crippen LogP contribution < -0.4 is 4.90 Å². The molecular weight excluding hydrogens is 593 g/mol. The van der Waals surface area contributed by atoms with Gasteiger partial charge in [0.2, 0.25) is 5.89 Å². The molecule has 220 valence electrons. The van der Waals surface area contributed by atoms with Gasteiger partial charge in [-0.25, -0.2) is 4.98 Å². The molecule has 9 aromatic rings. The molecule has 0 unspecified atom stereocenters. The molecule has 0 bridgehead atoms. The van der Waals surface area contributed by atoms with Crippen molar-refractivity contribution in [1.29, 1.82) is 0 Å². The van der Waals surface area contributed by atoms with Gasteiger partial charge in [0, 0.05) is 59.3 Å². The molecule has 1 aliphatic rings. The molecule has 0 atom stereocenters. The van der Waals surface area contributed by atoms with Crippen LogP contribution in [0.4, 0.5) is 17.1 Å². The van der Waals surface area contributed by atoms with Crippen molar-refractivity contribution >= 4 is 59.3 Å². The van der Waals surface area contributed by atoms with Crippen LogP contribution in [0, 0.1) is 0 Å². The zero-order valence-electron chi connectivity index (χ0n) is 25.2. The minimum absolute atomic E-state index is 0.645. The van der Waals surface area contributed by atoms with E-state index in [1.165, 1.54) is 36.7 Å². The van der Waals surface area contributed by atoms with E-state index in [0.717, 1.165) is 50.6 Å². The average molecular weight is 619 g/mol. The third-order valence-corrected chi connectivity index (χ3v) is 10.4. The SMILES string of the molecule is c1ccc(-c2ccc(N(c3cc4c5c(cccc5c3)-c3nc(-c5ccccc5)oc3-4)c3ccc4sc5ccccc5c4c3)cc2)cc1. The van der Waals surface area contributed by atoms with Gasteiger partial charge in [0.15, 0.2) is 5.76 Å². The number of hydrogen-bond acceptors (Lipinski definition) is 4. The maximum absolute atomic E-state index is 6.56. The summed E-state index contributed by atoms with van der Waals surface area (Å²) in [6.07, 6.45) is 0. The summed E-state index contributed by atoms with van der Waals surface area (Å²) in [6.45, 7) is 0. The predicted octanol–water partition coefficient (Wildman–Crippen LogP) is 12.6. The van der Waals surface area contributed by atoms with Crippen molar-refractivity contribution in [1.82, 2.24) is 4.98 Å². The molecule has 0 fully saturated rings. The fourth-order valence-corrected chi connectivity index (χ4v) is 8.13. The van der Waals surface area contributed by atoms with Crippen LogP contribution in [0.25, 0.3) is 76.1 Å². The minimum atomic E-state index is 0.645. The highest BCUT2D eigenvalue weighted by Gasteiger charge is 2.29. The molecule has 1 aliphatic carbocycles. The van der Waals surface area contributed by atoms with Crippen molar-refractivity contribution in [3.05, 3.63) is 158 Å². The van der Waals surface area contributed by atoms with Crippen LogP contribution in [0.5, 0.6) is 0 Å². The molecule has 3 nitrogen and oxygen atoms in total. The maximum atomic E-state index is 6.56. The van der Waals surface area contributed by atoms with E-state index in [0.29, 0.717) is 5.89 Å². The van der Waals surface area contributed by atoms with Gasteiger partial charge in [0.25, 0.3) is 0 Å². The molecule has 2 aromatic heterocycles. The Morgan fingerprint density at radius 1 is 0.489 bits per heavy atom. The van der Waals surface area contributed by atoms with Gasteiger partial charge in [0.05, 0.1) is 0 Å². The lowest BCUT2D eigenvalue weighted by Crippen LogP contribution is -2.10. The highest BCUT2D eigenvalue weighted by atomic mass is 32.1. The lowest BCUT2D eigenvalue weighted by Gasteiger charge is -2.26. The van der Waals surface area contributed by atoms with Crippen LogP contribution in [-0.2, 0) is 0 Å². The standard InChI is InChI=1S/C43H26N2OS/c1-3-10-27(11-4-1)28-18-20-31(21-19-28)45(32-22-23-39-36(25-32)34-15-7-8-17-38(34)47-39)33-24-30-14-9-16-35-40(30)37(26-33)42-41(35)44-43(46-42)29-12-5-2-6-13-29/h1-26H. The maximum Gasteiger partial charge on any atom is 0.227 e. The van der Waals surface area contributed by atoms with Gasteiger partial charge in [-0.05, 0) is 77.2 Å². The first-order valence-corrected chi connectivity index (χ1v) is 16.6. The fourth-order valence-electron chi connectivity index (χ4n) is 7.04. The quantitative estimate of drug-likeness (QED) is 0.192. The van der Waals surface area contributed by atoms with Crippen LogP contribution in [0.1, 0.15) is 0 Å². The molecule has 47 heavy (non-hydrogen) atoms. The van der Waals surface area contributed by atoms with Crippen LogP contribution in [0.3, 0.4) is 0 Å². The predicted molar refractivity (Wildman–Crippen MR) is 197 cm³/mol. The molecule has 2 heterocycles. The van der Waals surface area contributed by atoms with Gasteiger partial charge < -0.3 is 9.32 Å². The summed E-state index contributed by atoms with van der Waals surface area (Å²) in [5, 5.41) is 4.91. The smallest absolute Gasteiger partial charge is 0.227 e. The molecule has 0 spiro atoms. The molecule has 10 rings (SSSR count). The number of rotatable bonds is 5. The molecular formula is C43H26N2OS. The largest absolute Gasteiger partial charge is 0.435 e. The van der Waals surface area contributed by atoms with Gasteiger partial charge >= 0.3 is 0 Å². The van der Waals surface area contributed by atoms with Crippen molar-refractivity contribution in [3.8, 4) is 45.2 Å². The highest BCUT2D eigenvalue weighted by molar-refractivity contribution is 7.25. The number of anilines is 3. The zero-order chi connectivity index (χ0) is 30.9. The van der Waals surface area contributed by atoms with E-state index in [2.05, 4.69) is 132 Å². The Balaban J connectivity index is 1.18. The fraction of sp³-hybridized carbons (Fsp3) is 0. The van der Waals surface area contributed by atoms with Crippen molar-refractivity contribution in [3.63, 3.8) is 0 Å². The van der Waals surface area contributed by atoms with Gasteiger partial charge in [0.1, 0.15) is 5.69 Å². The van der Waals surface area contributed by atoms with Crippen molar-refractivity contribution in [2.45, 2.75) is 0 Å². The van der Waals surface area contributed by atoms with Crippen LogP contribution >= 0.6 is 11.3 Å². The number of benzene rings is 7. The molecule has 0 N–H and O–H groups in total. The Morgan fingerprint density at radius 3 is 2.02 bits per heavy atom. The van der Waals surface area contributed by atoms with Crippen LogP contribution in [0.15, 0.2) is 162 Å². The topological polar surface area (TPSA) is 29.3 Å². The Bertz CT molecular complexity index is 2620. The molecule has 0 amide bonds. The summed E-state index contributed by atoms with van der Waals surface area (Å²) in [6, 6.07) is 56.2. The van der Waals surface area contributed by atoms with E-state index in [1.54, 1.807) is 0 Å². The molecule has 7 aromatic carbocycles. The summed E-state index contributed by atoms with van der Waals surface area (Å²) in [7, 11) is 0. The Kier molecular flexibility index (Phi) is 5.74. The first-order chi connectivity index (χ1) is 23.3. The van der Waals surface area contributed by atoms with Crippen molar-refractivity contribution in [2.75, 3.05) is 4.90 Å². The van der Waals surface area contributed by atoms with E-state index >= 15 is 0 Å². The summed E-state index contributed by atoms with van der Waals surface area (Å²) in [4.78, 5) is 7.38. The summed E-state index contributed by atoms with van der Waals surface area (Å²) < 4.78 is 9.15. The summed E-state index contributed by atoms with van der Waals surface area (Å²) in [5.41, 5.74) is 9.74. The molecule has 4 heteroatoms. The number of oxazole rings is 1. The van der Waals surface area contributed by atoms with Gasteiger partial charge in [-0.15, -0.1) is 11.3 Å². The van der Waals surface area contributed by atoms with E-state index in [1.807, 2.05) is 41.7 Å². The van der Waals surface area contributed by atoms with Crippen LogP contribution in [0.2, 0.25) is 0 Å². The number of fused-ring (bicyclic) bond motifs is 6.